The van der Waals surface area contributed by atoms with Gasteiger partial charge in [-0.05, 0) is 12.1 Å². The minimum atomic E-state index is -0.677. The Bertz CT molecular complexity index is 868. The molecule has 24 heavy (non-hydrogen) atoms. The highest BCUT2D eigenvalue weighted by Gasteiger charge is 2.22. The maximum Gasteiger partial charge on any atom is 0.282 e. The van der Waals surface area contributed by atoms with Gasteiger partial charge < -0.3 is 15.4 Å². The lowest BCUT2D eigenvalue weighted by molar-refractivity contribution is -0.385. The van der Waals surface area contributed by atoms with Crippen LogP contribution in [0.3, 0.4) is 0 Å². The predicted molar refractivity (Wildman–Crippen MR) is 86.6 cm³/mol. The van der Waals surface area contributed by atoms with E-state index in [1.807, 2.05) is 0 Å². The number of benzene rings is 2. The number of hydrogen-bond acceptors (Lipinski definition) is 5. The number of fused-ring (bicyclic) bond motifs is 1. The quantitative estimate of drug-likeness (QED) is 0.655. The molecule has 0 saturated heterocycles. The van der Waals surface area contributed by atoms with E-state index in [-0.39, 0.29) is 34.5 Å². The molecule has 0 aromatic heterocycles. The maximum absolute atomic E-state index is 12.3. The number of nitrogens with one attached hydrogen (secondary N) is 2. The fourth-order valence-corrected chi connectivity index (χ4v) is 2.42. The van der Waals surface area contributed by atoms with Gasteiger partial charge in [0.15, 0.2) is 6.61 Å². The summed E-state index contributed by atoms with van der Waals surface area (Å²) < 4.78 is 5.25. The molecule has 2 N–H and O–H groups in total. The second-order valence-corrected chi connectivity index (χ2v) is 5.30. The summed E-state index contributed by atoms with van der Waals surface area (Å²) in [6, 6.07) is 8.46. The van der Waals surface area contributed by atoms with Crippen molar-refractivity contribution < 1.29 is 19.2 Å². The van der Waals surface area contributed by atoms with Crippen molar-refractivity contribution in [2.24, 2.45) is 0 Å². The molecule has 0 atom stereocenters. The van der Waals surface area contributed by atoms with Crippen LogP contribution in [0.1, 0.15) is 10.4 Å². The number of carbonyl (C=O) groups excluding carboxylic acids is 2. The van der Waals surface area contributed by atoms with Crippen LogP contribution in [0.2, 0.25) is 5.02 Å². The van der Waals surface area contributed by atoms with Crippen LogP contribution in [0.5, 0.6) is 5.75 Å². The molecule has 3 rings (SSSR count). The molecule has 1 heterocycles. The number of amides is 2. The molecule has 0 fully saturated rings. The molecule has 0 bridgehead atoms. The SMILES string of the molecule is O=C1COc2cc(NC(=O)c3ccccc3[N+](=O)[O-])c(Cl)cc2N1. The Kier molecular flexibility index (Phi) is 4.05. The van der Waals surface area contributed by atoms with Crippen molar-refractivity contribution in [3.8, 4) is 5.75 Å². The largest absolute Gasteiger partial charge is 0.482 e. The standard InChI is InChI=1S/C15H10ClN3O5/c16-9-5-11-13(24-7-14(20)17-11)6-10(9)18-15(21)8-3-1-2-4-12(8)19(22)23/h1-6H,7H2,(H,17,20)(H,18,21). The number of nitro groups is 1. The first kappa shape index (κ1) is 15.8. The Morgan fingerprint density at radius 2 is 2.08 bits per heavy atom. The fraction of sp³-hybridized carbons (Fsp3) is 0.0667. The van der Waals surface area contributed by atoms with E-state index in [1.165, 1.54) is 36.4 Å². The molecule has 0 saturated carbocycles. The van der Waals surface area contributed by atoms with E-state index in [1.54, 1.807) is 0 Å². The minimum absolute atomic E-state index is 0.0921. The molecule has 8 nitrogen and oxygen atoms in total. The lowest BCUT2D eigenvalue weighted by Gasteiger charge is -2.19. The van der Waals surface area contributed by atoms with Gasteiger partial charge in [-0.1, -0.05) is 23.7 Å². The summed E-state index contributed by atoms with van der Waals surface area (Å²) in [5, 5.41) is 16.3. The third kappa shape index (κ3) is 2.99. The summed E-state index contributed by atoms with van der Waals surface area (Å²) in [6.07, 6.45) is 0. The molecular formula is C15H10ClN3O5. The van der Waals surface area contributed by atoms with Gasteiger partial charge in [-0.3, -0.25) is 19.7 Å². The van der Waals surface area contributed by atoms with Crippen LogP contribution in [-0.2, 0) is 4.79 Å². The highest BCUT2D eigenvalue weighted by atomic mass is 35.5. The van der Waals surface area contributed by atoms with Gasteiger partial charge in [0.2, 0.25) is 0 Å². The van der Waals surface area contributed by atoms with Crippen molar-refractivity contribution in [1.82, 2.24) is 0 Å². The zero-order valence-electron chi connectivity index (χ0n) is 12.0. The molecule has 2 aromatic rings. The van der Waals surface area contributed by atoms with Gasteiger partial charge in [0.05, 0.1) is 21.3 Å². The van der Waals surface area contributed by atoms with Crippen LogP contribution in [-0.4, -0.2) is 23.3 Å². The van der Waals surface area contributed by atoms with Gasteiger partial charge >= 0.3 is 0 Å². The number of halogens is 1. The van der Waals surface area contributed by atoms with Crippen molar-refractivity contribution in [3.63, 3.8) is 0 Å². The minimum Gasteiger partial charge on any atom is -0.482 e. The molecular weight excluding hydrogens is 338 g/mol. The van der Waals surface area contributed by atoms with Crippen molar-refractivity contribution in [1.29, 1.82) is 0 Å². The smallest absolute Gasteiger partial charge is 0.282 e. The van der Waals surface area contributed by atoms with E-state index < -0.39 is 10.8 Å². The predicted octanol–water partition coefficient (Wildman–Crippen LogP) is 2.83. The molecule has 1 aliphatic heterocycles. The van der Waals surface area contributed by atoms with Crippen molar-refractivity contribution in [2.45, 2.75) is 0 Å². The summed E-state index contributed by atoms with van der Waals surface area (Å²) in [5.41, 5.74) is 0.202. The molecule has 0 aliphatic carbocycles. The Morgan fingerprint density at radius 3 is 2.83 bits per heavy atom. The Labute approximate surface area is 140 Å². The number of anilines is 2. The zero-order valence-corrected chi connectivity index (χ0v) is 12.8. The van der Waals surface area contributed by atoms with E-state index in [4.69, 9.17) is 16.3 Å². The number of rotatable bonds is 3. The van der Waals surface area contributed by atoms with Crippen LogP contribution in [0.25, 0.3) is 0 Å². The van der Waals surface area contributed by atoms with Crippen LogP contribution in [0.15, 0.2) is 36.4 Å². The van der Waals surface area contributed by atoms with Crippen molar-refractivity contribution in [3.05, 3.63) is 57.1 Å². The highest BCUT2D eigenvalue weighted by molar-refractivity contribution is 6.34. The van der Waals surface area contributed by atoms with E-state index >= 15 is 0 Å². The molecule has 122 valence electrons. The second-order valence-electron chi connectivity index (χ2n) is 4.89. The molecule has 0 spiro atoms. The lowest BCUT2D eigenvalue weighted by atomic mass is 10.1. The third-order valence-electron chi connectivity index (χ3n) is 3.30. The van der Waals surface area contributed by atoms with Crippen LogP contribution >= 0.6 is 11.6 Å². The normalized spacial score (nSPS) is 12.6. The van der Waals surface area contributed by atoms with E-state index in [2.05, 4.69) is 10.6 Å². The summed E-state index contributed by atoms with van der Waals surface area (Å²) in [4.78, 5) is 34.0. The fourth-order valence-electron chi connectivity index (χ4n) is 2.21. The van der Waals surface area contributed by atoms with E-state index in [0.717, 1.165) is 0 Å². The number of ether oxygens (including phenoxy) is 1. The molecule has 0 radical (unpaired) electrons. The summed E-state index contributed by atoms with van der Waals surface area (Å²) >= 11 is 6.09. The number of nitro benzene ring substituents is 1. The monoisotopic (exact) mass is 347 g/mol. The van der Waals surface area contributed by atoms with Gasteiger partial charge in [0.25, 0.3) is 17.5 Å². The first-order valence-electron chi connectivity index (χ1n) is 6.76. The van der Waals surface area contributed by atoms with Crippen LogP contribution in [0.4, 0.5) is 17.1 Å². The second kappa shape index (κ2) is 6.17. The number of nitrogens with zero attached hydrogens (tertiary/aromatic N) is 1. The maximum atomic E-state index is 12.3. The lowest BCUT2D eigenvalue weighted by Crippen LogP contribution is -2.25. The van der Waals surface area contributed by atoms with Crippen molar-refractivity contribution >= 4 is 40.5 Å². The average molecular weight is 348 g/mol. The Balaban J connectivity index is 1.91. The molecule has 9 heteroatoms. The first-order chi connectivity index (χ1) is 11.5. The van der Waals surface area contributed by atoms with Gasteiger partial charge in [-0.2, -0.15) is 0 Å². The van der Waals surface area contributed by atoms with Gasteiger partial charge in [0.1, 0.15) is 11.3 Å². The van der Waals surface area contributed by atoms with E-state index in [0.29, 0.717) is 11.4 Å². The van der Waals surface area contributed by atoms with Gasteiger partial charge in [0, 0.05) is 12.1 Å². The van der Waals surface area contributed by atoms with E-state index in [9.17, 15) is 19.7 Å². The van der Waals surface area contributed by atoms with Crippen LogP contribution in [0, 0.1) is 10.1 Å². The summed E-state index contributed by atoms with van der Waals surface area (Å²) in [7, 11) is 0. The molecule has 2 aromatic carbocycles. The Hall–Kier alpha value is -3.13. The zero-order chi connectivity index (χ0) is 17.3. The number of hydrogen-bond donors (Lipinski definition) is 2. The third-order valence-corrected chi connectivity index (χ3v) is 3.61. The molecule has 1 aliphatic rings. The molecule has 0 unspecified atom stereocenters. The number of para-hydroxylation sites is 1. The first-order valence-corrected chi connectivity index (χ1v) is 7.14. The topological polar surface area (TPSA) is 111 Å². The highest BCUT2D eigenvalue weighted by Crippen LogP contribution is 2.36. The van der Waals surface area contributed by atoms with Crippen molar-refractivity contribution in [2.75, 3.05) is 17.2 Å². The van der Waals surface area contributed by atoms with Gasteiger partial charge in [-0.25, -0.2) is 0 Å². The number of carbonyl (C=O) groups is 2. The summed E-state index contributed by atoms with van der Waals surface area (Å²) in [5.74, 6) is -0.642. The average Bonchev–Trinajstić information content (AvgIpc) is 2.55. The molecule has 2 amide bonds. The van der Waals surface area contributed by atoms with Gasteiger partial charge in [-0.15, -0.1) is 0 Å². The summed E-state index contributed by atoms with van der Waals surface area (Å²) in [6.45, 7) is -0.147. The van der Waals surface area contributed by atoms with Crippen LogP contribution < -0.4 is 15.4 Å². The Morgan fingerprint density at radius 1 is 1.33 bits per heavy atom.